The first kappa shape index (κ1) is 36.1. The standard InChI is InChI=1S/C45H31Cl2FN4O6/c46-25-9-7-24(8-10-25)45-34(42(55)52(44(45)57)50-28-14-12-27(48)13-15-28)22-32-30(39(45)33-21-26(47)11-20-36(33)53)18-19-31-38(32)43(56)51(41(31)54)29-16-5-23(6-17-29)40-49-35-3-1-2-4-37(35)58-40/h1-18,20-21,31-32,34,38-39,50,53H,19,22H2. The van der Waals surface area contributed by atoms with E-state index in [9.17, 15) is 23.9 Å². The Morgan fingerprint density at radius 2 is 1.53 bits per heavy atom. The molecule has 4 aliphatic rings. The third kappa shape index (κ3) is 5.33. The maximum Gasteiger partial charge on any atom is 0.260 e. The van der Waals surface area contributed by atoms with E-state index in [2.05, 4.69) is 10.4 Å². The summed E-state index contributed by atoms with van der Waals surface area (Å²) in [7, 11) is 0. The van der Waals surface area contributed by atoms with Crippen LogP contribution in [0.25, 0.3) is 22.6 Å². The summed E-state index contributed by atoms with van der Waals surface area (Å²) in [6, 6.07) is 30.7. The summed E-state index contributed by atoms with van der Waals surface area (Å²) >= 11 is 13.0. The monoisotopic (exact) mass is 812 g/mol. The fraction of sp³-hybridized carbons (Fsp3) is 0.178. The van der Waals surface area contributed by atoms with Crippen LogP contribution in [-0.2, 0) is 24.6 Å². The fourth-order valence-corrected chi connectivity index (χ4v) is 10.1. The number of allylic oxidation sites excluding steroid dienone is 2. The number of para-hydroxylation sites is 2. The molecule has 2 saturated heterocycles. The van der Waals surface area contributed by atoms with E-state index in [0.717, 1.165) is 5.01 Å². The Morgan fingerprint density at radius 1 is 0.810 bits per heavy atom. The predicted octanol–water partition coefficient (Wildman–Crippen LogP) is 8.84. The van der Waals surface area contributed by atoms with Gasteiger partial charge in [-0.2, -0.15) is 5.01 Å². The number of carbonyl (C=O) groups excluding carboxylic acids is 4. The quantitative estimate of drug-likeness (QED) is 0.126. The molecular formula is C45H31Cl2FN4O6. The Balaban J connectivity index is 1.08. The van der Waals surface area contributed by atoms with Crippen molar-refractivity contribution in [1.29, 1.82) is 0 Å². The normalized spacial score (nSPS) is 25.2. The summed E-state index contributed by atoms with van der Waals surface area (Å²) in [6.07, 6.45) is 2.10. The van der Waals surface area contributed by atoms with E-state index < -0.39 is 58.5 Å². The molecule has 6 aromatic rings. The van der Waals surface area contributed by atoms with Crippen LogP contribution in [0.5, 0.6) is 5.75 Å². The number of hydrogen-bond donors (Lipinski definition) is 2. The van der Waals surface area contributed by atoms with Crippen LogP contribution in [0.2, 0.25) is 10.0 Å². The maximum atomic E-state index is 15.3. The number of phenols is 1. The van der Waals surface area contributed by atoms with Crippen LogP contribution in [0.4, 0.5) is 15.8 Å². The summed E-state index contributed by atoms with van der Waals surface area (Å²) in [5, 5.41) is 13.2. The summed E-state index contributed by atoms with van der Waals surface area (Å²) in [5.74, 6) is -6.66. The van der Waals surface area contributed by atoms with Gasteiger partial charge in [-0.05, 0) is 115 Å². The highest BCUT2D eigenvalue weighted by atomic mass is 35.5. The summed E-state index contributed by atoms with van der Waals surface area (Å²) in [4.78, 5) is 65.0. The number of nitrogens with zero attached hydrogens (tertiary/aromatic N) is 3. The first-order valence-corrected chi connectivity index (χ1v) is 19.5. The van der Waals surface area contributed by atoms with Gasteiger partial charge >= 0.3 is 0 Å². The van der Waals surface area contributed by atoms with E-state index >= 15 is 4.79 Å². The number of fused-ring (bicyclic) bond motifs is 5. The number of aromatic nitrogens is 1. The number of benzene rings is 5. The lowest BCUT2D eigenvalue weighted by Crippen LogP contribution is -2.53. The number of hydrogen-bond acceptors (Lipinski definition) is 8. The van der Waals surface area contributed by atoms with Gasteiger partial charge in [0.15, 0.2) is 5.58 Å². The van der Waals surface area contributed by atoms with Crippen LogP contribution in [0.1, 0.15) is 29.9 Å². The van der Waals surface area contributed by atoms with Crippen LogP contribution in [-0.4, -0.2) is 38.7 Å². The molecule has 10 nitrogen and oxygen atoms in total. The molecule has 3 fully saturated rings. The van der Waals surface area contributed by atoms with Crippen molar-refractivity contribution in [3.05, 3.63) is 154 Å². The van der Waals surface area contributed by atoms with E-state index in [4.69, 9.17) is 27.6 Å². The molecule has 2 aliphatic carbocycles. The van der Waals surface area contributed by atoms with Gasteiger partial charge in [0.25, 0.3) is 11.8 Å². The topological polar surface area (TPSA) is 133 Å². The molecule has 0 radical (unpaired) electrons. The van der Waals surface area contributed by atoms with E-state index in [1.807, 2.05) is 30.3 Å². The number of hydrazine groups is 1. The Labute approximate surface area is 340 Å². The van der Waals surface area contributed by atoms with Crippen molar-refractivity contribution >= 4 is 69.3 Å². The van der Waals surface area contributed by atoms with Gasteiger partial charge in [0.05, 0.1) is 34.5 Å². The van der Waals surface area contributed by atoms with Crippen LogP contribution in [0.3, 0.4) is 0 Å². The van der Waals surface area contributed by atoms with Gasteiger partial charge in [-0.15, -0.1) is 0 Å². The van der Waals surface area contributed by atoms with Crippen LogP contribution in [0.15, 0.2) is 131 Å². The second kappa shape index (κ2) is 13.4. The average molecular weight is 814 g/mol. The Hall–Kier alpha value is -6.30. The summed E-state index contributed by atoms with van der Waals surface area (Å²) in [5.41, 5.74) is 5.31. The van der Waals surface area contributed by atoms with Crippen molar-refractivity contribution in [2.45, 2.75) is 24.2 Å². The number of phenolic OH excluding ortho intramolecular Hbond substituents is 1. The third-order valence-electron chi connectivity index (χ3n) is 12.2. The summed E-state index contributed by atoms with van der Waals surface area (Å²) < 4.78 is 19.9. The van der Waals surface area contributed by atoms with E-state index in [-0.39, 0.29) is 35.1 Å². The zero-order valence-electron chi connectivity index (χ0n) is 30.3. The van der Waals surface area contributed by atoms with Gasteiger partial charge in [-0.1, -0.05) is 59.1 Å². The highest BCUT2D eigenvalue weighted by Gasteiger charge is 2.70. The van der Waals surface area contributed by atoms with Crippen molar-refractivity contribution < 1.29 is 33.1 Å². The minimum absolute atomic E-state index is 0.0309. The second-order valence-corrected chi connectivity index (χ2v) is 16.0. The maximum absolute atomic E-state index is 15.3. The zero-order valence-corrected chi connectivity index (χ0v) is 31.8. The molecule has 6 unspecified atom stereocenters. The number of nitrogens with one attached hydrogen (secondary N) is 1. The highest BCUT2D eigenvalue weighted by molar-refractivity contribution is 6.31. The number of carbonyl (C=O) groups is 4. The molecule has 288 valence electrons. The third-order valence-corrected chi connectivity index (χ3v) is 12.7. The van der Waals surface area contributed by atoms with E-state index in [0.29, 0.717) is 50.1 Å². The lowest BCUT2D eigenvalue weighted by molar-refractivity contribution is -0.138. The molecule has 0 spiro atoms. The molecule has 0 bridgehead atoms. The Bertz CT molecular complexity index is 2700. The molecule has 6 atom stereocenters. The van der Waals surface area contributed by atoms with E-state index in [1.165, 1.54) is 41.3 Å². The number of amides is 4. The molecule has 58 heavy (non-hydrogen) atoms. The largest absolute Gasteiger partial charge is 0.508 e. The zero-order chi connectivity index (χ0) is 40.0. The van der Waals surface area contributed by atoms with Crippen molar-refractivity contribution in [2.24, 2.45) is 23.7 Å². The van der Waals surface area contributed by atoms with E-state index in [1.54, 1.807) is 54.6 Å². The molecule has 5 aromatic carbocycles. The summed E-state index contributed by atoms with van der Waals surface area (Å²) in [6.45, 7) is 0. The molecule has 2 aliphatic heterocycles. The lowest BCUT2D eigenvalue weighted by atomic mass is 9.49. The number of imide groups is 2. The first-order valence-electron chi connectivity index (χ1n) is 18.7. The van der Waals surface area contributed by atoms with Crippen molar-refractivity contribution in [2.75, 3.05) is 10.3 Å². The number of rotatable bonds is 6. The SMILES string of the molecule is O=C1C2CC3C(=CCC4C(=O)N(c5ccc(-c6nc7ccccc7o6)cc5)C(=O)C43)C(c3cc(Cl)ccc3O)C2(c2ccc(Cl)cc2)C(=O)N1Nc1ccc(F)cc1. The molecule has 13 heteroatoms. The lowest BCUT2D eigenvalue weighted by Gasteiger charge is -2.50. The van der Waals surface area contributed by atoms with Crippen molar-refractivity contribution in [3.8, 4) is 17.2 Å². The van der Waals surface area contributed by atoms with Gasteiger partial charge in [0.2, 0.25) is 17.7 Å². The number of halogens is 3. The molecule has 10 rings (SSSR count). The minimum atomic E-state index is -1.67. The average Bonchev–Trinajstić information content (AvgIpc) is 3.84. The molecule has 2 N–H and O–H groups in total. The van der Waals surface area contributed by atoms with Crippen LogP contribution in [0, 0.1) is 29.5 Å². The highest BCUT2D eigenvalue weighted by Crippen LogP contribution is 2.65. The molecular weight excluding hydrogens is 782 g/mol. The smallest absolute Gasteiger partial charge is 0.260 e. The second-order valence-electron chi connectivity index (χ2n) is 15.1. The number of oxazole rings is 1. The number of aromatic hydroxyl groups is 1. The molecule has 3 heterocycles. The van der Waals surface area contributed by atoms with Crippen LogP contribution < -0.4 is 10.3 Å². The van der Waals surface area contributed by atoms with Gasteiger partial charge in [0, 0.05) is 27.1 Å². The fourth-order valence-electron chi connectivity index (χ4n) is 9.76. The van der Waals surface area contributed by atoms with Crippen molar-refractivity contribution in [3.63, 3.8) is 0 Å². The Morgan fingerprint density at radius 3 is 2.28 bits per heavy atom. The minimum Gasteiger partial charge on any atom is -0.508 e. The van der Waals surface area contributed by atoms with Crippen molar-refractivity contribution in [1.82, 2.24) is 9.99 Å². The number of anilines is 2. The molecule has 1 aromatic heterocycles. The molecule has 4 amide bonds. The van der Waals surface area contributed by atoms with Crippen LogP contribution >= 0.6 is 23.2 Å². The predicted molar refractivity (Wildman–Crippen MR) is 214 cm³/mol. The molecule has 1 saturated carbocycles. The Kier molecular flexibility index (Phi) is 8.33. The van der Waals surface area contributed by atoms with Gasteiger partial charge < -0.3 is 9.52 Å². The van der Waals surface area contributed by atoms with Gasteiger partial charge in [-0.25, -0.2) is 9.37 Å². The van der Waals surface area contributed by atoms with Gasteiger partial charge in [0.1, 0.15) is 17.1 Å². The van der Waals surface area contributed by atoms with Gasteiger partial charge in [-0.3, -0.25) is 29.5 Å². The first-order chi connectivity index (χ1) is 28.0.